The predicted octanol–water partition coefficient (Wildman–Crippen LogP) is 5.37. The van der Waals surface area contributed by atoms with Crippen LogP contribution in [0.3, 0.4) is 0 Å². The average Bonchev–Trinajstić information content (AvgIpc) is 2.70. The van der Waals surface area contributed by atoms with Gasteiger partial charge in [-0.15, -0.1) is 11.3 Å². The molecule has 1 aromatic heterocycles. The summed E-state index contributed by atoms with van der Waals surface area (Å²) in [6, 6.07) is 8.26. The van der Waals surface area contributed by atoms with E-state index in [9.17, 15) is 0 Å². The minimum Gasteiger partial charge on any atom is -0.306 e. The molecule has 4 heteroatoms. The predicted molar refractivity (Wildman–Crippen MR) is 85.8 cm³/mol. The third-order valence-corrected chi connectivity index (χ3v) is 5.11. The van der Waals surface area contributed by atoms with Crippen molar-refractivity contribution in [3.8, 4) is 0 Å². The van der Waals surface area contributed by atoms with Crippen LogP contribution in [0, 0.1) is 13.8 Å². The fourth-order valence-electron chi connectivity index (χ4n) is 2.02. The zero-order chi connectivity index (χ0) is 14.0. The maximum absolute atomic E-state index is 6.13. The SMILES string of the molecule is CCNC(c1ccc(Cl)c(Cl)c1)c1cc(C)c(C)s1. The molecule has 1 nitrogen and oxygen atoms in total. The largest absolute Gasteiger partial charge is 0.306 e. The molecule has 1 heterocycles. The summed E-state index contributed by atoms with van der Waals surface area (Å²) in [6.07, 6.45) is 0. The fourth-order valence-corrected chi connectivity index (χ4v) is 3.48. The second-order valence-electron chi connectivity index (χ2n) is 4.55. The van der Waals surface area contributed by atoms with E-state index in [1.807, 2.05) is 29.5 Å². The number of aryl methyl sites for hydroxylation is 2. The summed E-state index contributed by atoms with van der Waals surface area (Å²) in [6.45, 7) is 7.31. The van der Waals surface area contributed by atoms with Crippen molar-refractivity contribution in [3.63, 3.8) is 0 Å². The van der Waals surface area contributed by atoms with Crippen molar-refractivity contribution in [2.45, 2.75) is 26.8 Å². The molecule has 102 valence electrons. The van der Waals surface area contributed by atoms with Crippen molar-refractivity contribution < 1.29 is 0 Å². The van der Waals surface area contributed by atoms with Crippen molar-refractivity contribution in [1.29, 1.82) is 0 Å². The van der Waals surface area contributed by atoms with Gasteiger partial charge in [0.2, 0.25) is 0 Å². The Bertz CT molecular complexity index is 558. The van der Waals surface area contributed by atoms with Gasteiger partial charge in [0.25, 0.3) is 0 Å². The fraction of sp³-hybridized carbons (Fsp3) is 0.333. The second-order valence-corrected chi connectivity index (χ2v) is 6.65. The highest BCUT2D eigenvalue weighted by molar-refractivity contribution is 7.12. The average molecular weight is 314 g/mol. The van der Waals surface area contributed by atoms with Crippen LogP contribution in [0.5, 0.6) is 0 Å². The maximum Gasteiger partial charge on any atom is 0.0671 e. The molecule has 0 radical (unpaired) electrons. The van der Waals surface area contributed by atoms with Crippen LogP contribution in [-0.2, 0) is 0 Å². The van der Waals surface area contributed by atoms with E-state index in [2.05, 4.69) is 32.2 Å². The van der Waals surface area contributed by atoms with E-state index in [-0.39, 0.29) is 6.04 Å². The van der Waals surface area contributed by atoms with Crippen LogP contribution >= 0.6 is 34.5 Å². The highest BCUT2D eigenvalue weighted by Crippen LogP contribution is 2.33. The summed E-state index contributed by atoms with van der Waals surface area (Å²) in [7, 11) is 0. The Hall–Kier alpha value is -0.540. The molecule has 0 amide bonds. The van der Waals surface area contributed by atoms with Gasteiger partial charge in [0.1, 0.15) is 0 Å². The zero-order valence-corrected chi connectivity index (χ0v) is 13.6. The molecule has 1 unspecified atom stereocenters. The first-order valence-electron chi connectivity index (χ1n) is 6.28. The smallest absolute Gasteiger partial charge is 0.0671 e. The van der Waals surface area contributed by atoms with Crippen LogP contribution in [0.4, 0.5) is 0 Å². The van der Waals surface area contributed by atoms with Gasteiger partial charge < -0.3 is 5.32 Å². The molecule has 0 aliphatic rings. The molecule has 0 saturated carbocycles. The maximum atomic E-state index is 6.13. The molecule has 0 aliphatic heterocycles. The number of thiophene rings is 1. The first-order valence-corrected chi connectivity index (χ1v) is 7.85. The summed E-state index contributed by atoms with van der Waals surface area (Å²) in [5.41, 5.74) is 2.49. The molecule has 0 saturated heterocycles. The molecule has 0 spiro atoms. The van der Waals surface area contributed by atoms with E-state index in [1.165, 1.54) is 15.3 Å². The van der Waals surface area contributed by atoms with Gasteiger partial charge in [0.15, 0.2) is 0 Å². The Morgan fingerprint density at radius 2 is 1.89 bits per heavy atom. The summed E-state index contributed by atoms with van der Waals surface area (Å²) < 4.78 is 0. The molecule has 0 aliphatic carbocycles. The first kappa shape index (κ1) is 14.9. The second kappa shape index (κ2) is 6.27. The van der Waals surface area contributed by atoms with Gasteiger partial charge in [-0.05, 0) is 49.7 Å². The van der Waals surface area contributed by atoms with E-state index in [4.69, 9.17) is 23.2 Å². The van der Waals surface area contributed by atoms with E-state index in [0.29, 0.717) is 10.0 Å². The summed E-state index contributed by atoms with van der Waals surface area (Å²) >= 11 is 13.9. The number of hydrogen-bond acceptors (Lipinski definition) is 2. The lowest BCUT2D eigenvalue weighted by molar-refractivity contribution is 0.639. The molecule has 0 bridgehead atoms. The molecule has 1 aromatic carbocycles. The Balaban J connectivity index is 2.41. The van der Waals surface area contributed by atoms with Crippen molar-refractivity contribution >= 4 is 34.5 Å². The number of hydrogen-bond donors (Lipinski definition) is 1. The third-order valence-electron chi connectivity index (χ3n) is 3.15. The van der Waals surface area contributed by atoms with E-state index in [1.54, 1.807) is 0 Å². The highest BCUT2D eigenvalue weighted by atomic mass is 35.5. The Labute approximate surface area is 128 Å². The standard InChI is InChI=1S/C15H17Cl2NS/c1-4-18-15(14-7-9(2)10(3)19-14)11-5-6-12(16)13(17)8-11/h5-8,15,18H,4H2,1-3H3. The van der Waals surface area contributed by atoms with E-state index in [0.717, 1.165) is 12.1 Å². The molecule has 19 heavy (non-hydrogen) atoms. The quantitative estimate of drug-likeness (QED) is 0.800. The molecule has 1 N–H and O–H groups in total. The molecular weight excluding hydrogens is 297 g/mol. The van der Waals surface area contributed by atoms with Gasteiger partial charge in [-0.25, -0.2) is 0 Å². The van der Waals surface area contributed by atoms with Gasteiger partial charge in [0, 0.05) is 9.75 Å². The number of nitrogens with one attached hydrogen (secondary N) is 1. The van der Waals surface area contributed by atoms with Crippen molar-refractivity contribution in [1.82, 2.24) is 5.32 Å². The van der Waals surface area contributed by atoms with Crippen LogP contribution in [0.2, 0.25) is 10.0 Å². The molecule has 2 rings (SSSR count). The summed E-state index contributed by atoms with van der Waals surface area (Å²) in [5, 5.41) is 4.71. The normalized spacial score (nSPS) is 12.7. The first-order chi connectivity index (χ1) is 9.02. The van der Waals surface area contributed by atoms with E-state index >= 15 is 0 Å². The summed E-state index contributed by atoms with van der Waals surface area (Å²) in [5.74, 6) is 0. The topological polar surface area (TPSA) is 12.0 Å². The van der Waals surface area contributed by atoms with Crippen LogP contribution < -0.4 is 5.32 Å². The molecule has 1 atom stereocenters. The van der Waals surface area contributed by atoms with E-state index < -0.39 is 0 Å². The lowest BCUT2D eigenvalue weighted by Gasteiger charge is -2.17. The van der Waals surface area contributed by atoms with Gasteiger partial charge in [0.05, 0.1) is 16.1 Å². The van der Waals surface area contributed by atoms with Crippen LogP contribution in [0.15, 0.2) is 24.3 Å². The number of benzene rings is 1. The minimum absolute atomic E-state index is 0.178. The number of halogens is 2. The Morgan fingerprint density at radius 1 is 1.16 bits per heavy atom. The van der Waals surface area contributed by atoms with Crippen molar-refractivity contribution in [3.05, 3.63) is 55.2 Å². The highest BCUT2D eigenvalue weighted by Gasteiger charge is 2.17. The molecule has 2 aromatic rings. The van der Waals surface area contributed by atoms with Crippen molar-refractivity contribution in [2.24, 2.45) is 0 Å². The Kier molecular flexibility index (Phi) is 4.91. The van der Waals surface area contributed by atoms with Gasteiger partial charge in [-0.3, -0.25) is 0 Å². The lowest BCUT2D eigenvalue weighted by Crippen LogP contribution is -2.21. The van der Waals surface area contributed by atoms with Gasteiger partial charge in [-0.2, -0.15) is 0 Å². The third kappa shape index (κ3) is 3.32. The Morgan fingerprint density at radius 3 is 2.42 bits per heavy atom. The van der Waals surface area contributed by atoms with Gasteiger partial charge >= 0.3 is 0 Å². The zero-order valence-electron chi connectivity index (χ0n) is 11.3. The summed E-state index contributed by atoms with van der Waals surface area (Å²) in [4.78, 5) is 2.67. The number of rotatable bonds is 4. The van der Waals surface area contributed by atoms with Crippen molar-refractivity contribution in [2.75, 3.05) is 6.54 Å². The van der Waals surface area contributed by atoms with Crippen LogP contribution in [-0.4, -0.2) is 6.54 Å². The minimum atomic E-state index is 0.178. The molecule has 0 fully saturated rings. The van der Waals surface area contributed by atoms with Crippen LogP contribution in [0.25, 0.3) is 0 Å². The van der Waals surface area contributed by atoms with Crippen LogP contribution in [0.1, 0.15) is 33.8 Å². The van der Waals surface area contributed by atoms with Gasteiger partial charge in [-0.1, -0.05) is 36.2 Å². The lowest BCUT2D eigenvalue weighted by atomic mass is 10.0. The monoisotopic (exact) mass is 313 g/mol. The molecular formula is C15H17Cl2NS.